The van der Waals surface area contributed by atoms with Gasteiger partial charge < -0.3 is 10.1 Å². The van der Waals surface area contributed by atoms with Crippen LogP contribution in [0.4, 0.5) is 22.4 Å². The van der Waals surface area contributed by atoms with Crippen LogP contribution in [0.3, 0.4) is 0 Å². The lowest BCUT2D eigenvalue weighted by atomic mass is 9.80. The average Bonchev–Trinajstić information content (AvgIpc) is 2.30. The summed E-state index contributed by atoms with van der Waals surface area (Å²) >= 11 is 0. The number of cyclic esters (lactones) is 1. The van der Waals surface area contributed by atoms with E-state index in [0.717, 1.165) is 12.1 Å². The molecule has 1 aromatic carbocycles. The van der Waals surface area contributed by atoms with Crippen LogP contribution in [0.15, 0.2) is 18.2 Å². The molecule has 0 spiro atoms. The van der Waals surface area contributed by atoms with Crippen molar-refractivity contribution >= 4 is 6.09 Å². The zero-order valence-corrected chi connectivity index (χ0v) is 10.8. The summed E-state index contributed by atoms with van der Waals surface area (Å²) in [5, 5.41) is 2.43. The van der Waals surface area contributed by atoms with Gasteiger partial charge in [0, 0.05) is 5.41 Å². The van der Waals surface area contributed by atoms with Crippen molar-refractivity contribution < 1.29 is 27.1 Å². The van der Waals surface area contributed by atoms with Crippen LogP contribution in [0.5, 0.6) is 0 Å². The second-order valence-corrected chi connectivity index (χ2v) is 5.41. The van der Waals surface area contributed by atoms with Crippen molar-refractivity contribution in [1.82, 2.24) is 5.32 Å². The van der Waals surface area contributed by atoms with Crippen molar-refractivity contribution in [2.24, 2.45) is 5.41 Å². The summed E-state index contributed by atoms with van der Waals surface area (Å²) in [5.41, 5.74) is -1.66. The van der Waals surface area contributed by atoms with E-state index < -0.39 is 35.1 Å². The number of carbonyl (C=O) groups is 1. The number of benzene rings is 1. The molecule has 0 bridgehead atoms. The molecule has 2 rings (SSSR count). The summed E-state index contributed by atoms with van der Waals surface area (Å²) in [6, 6.07) is 1.52. The maximum Gasteiger partial charge on any atom is 0.416 e. The number of carbonyl (C=O) groups excluding carboxylic acids is 1. The third kappa shape index (κ3) is 2.86. The number of halogens is 4. The number of ether oxygens (including phenoxy) is 1. The third-order valence-corrected chi connectivity index (χ3v) is 3.20. The molecule has 1 N–H and O–H groups in total. The van der Waals surface area contributed by atoms with Gasteiger partial charge in [-0.05, 0) is 23.8 Å². The summed E-state index contributed by atoms with van der Waals surface area (Å²) in [6.45, 7) is 3.48. The van der Waals surface area contributed by atoms with E-state index in [9.17, 15) is 22.4 Å². The molecular formula is C13H13F4NO2. The highest BCUT2D eigenvalue weighted by Gasteiger charge is 2.39. The van der Waals surface area contributed by atoms with Gasteiger partial charge in [-0.15, -0.1) is 0 Å². The Bertz CT molecular complexity index is 540. The van der Waals surface area contributed by atoms with E-state index in [4.69, 9.17) is 4.74 Å². The number of amides is 1. The number of nitrogens with one attached hydrogen (secondary N) is 1. The predicted octanol–water partition coefficient (Wildman–Crippen LogP) is 3.65. The van der Waals surface area contributed by atoms with Gasteiger partial charge in [-0.2, -0.15) is 13.2 Å². The van der Waals surface area contributed by atoms with E-state index in [1.807, 2.05) is 0 Å². The lowest BCUT2D eigenvalue weighted by Crippen LogP contribution is -2.47. The molecule has 1 aliphatic heterocycles. The minimum absolute atomic E-state index is 0.0430. The summed E-state index contributed by atoms with van der Waals surface area (Å²) in [7, 11) is 0. The van der Waals surface area contributed by atoms with E-state index >= 15 is 0 Å². The van der Waals surface area contributed by atoms with Gasteiger partial charge >= 0.3 is 12.3 Å². The lowest BCUT2D eigenvalue weighted by molar-refractivity contribution is -0.137. The molecule has 110 valence electrons. The van der Waals surface area contributed by atoms with Gasteiger partial charge in [0.05, 0.1) is 11.6 Å². The van der Waals surface area contributed by atoms with E-state index in [1.54, 1.807) is 13.8 Å². The Morgan fingerprint density at radius 3 is 2.55 bits per heavy atom. The van der Waals surface area contributed by atoms with Gasteiger partial charge in [-0.3, -0.25) is 0 Å². The van der Waals surface area contributed by atoms with Crippen molar-refractivity contribution in [3.63, 3.8) is 0 Å². The first-order valence-corrected chi connectivity index (χ1v) is 5.90. The second-order valence-electron chi connectivity index (χ2n) is 5.41. The molecule has 0 saturated carbocycles. The Balaban J connectivity index is 2.46. The topological polar surface area (TPSA) is 38.3 Å². The van der Waals surface area contributed by atoms with Crippen LogP contribution in [-0.2, 0) is 10.9 Å². The highest BCUT2D eigenvalue weighted by molar-refractivity contribution is 5.69. The van der Waals surface area contributed by atoms with Crippen molar-refractivity contribution in [2.75, 3.05) is 6.61 Å². The molecule has 0 aromatic heterocycles. The largest absolute Gasteiger partial charge is 0.449 e. The van der Waals surface area contributed by atoms with Gasteiger partial charge in [0.2, 0.25) is 0 Å². The second kappa shape index (κ2) is 4.64. The first kappa shape index (κ1) is 14.6. The summed E-state index contributed by atoms with van der Waals surface area (Å²) in [6.07, 6.45) is -5.37. The van der Waals surface area contributed by atoms with Crippen molar-refractivity contribution in [3.05, 3.63) is 35.1 Å². The fourth-order valence-electron chi connectivity index (χ4n) is 2.17. The molecule has 1 amide bonds. The Hall–Kier alpha value is -1.79. The molecule has 0 radical (unpaired) electrons. The monoisotopic (exact) mass is 291 g/mol. The van der Waals surface area contributed by atoms with Crippen molar-refractivity contribution in [3.8, 4) is 0 Å². The fraction of sp³-hybridized carbons (Fsp3) is 0.462. The van der Waals surface area contributed by atoms with Crippen molar-refractivity contribution in [2.45, 2.75) is 26.1 Å². The molecular weight excluding hydrogens is 278 g/mol. The quantitative estimate of drug-likeness (QED) is 0.802. The maximum atomic E-state index is 13.4. The zero-order valence-electron chi connectivity index (χ0n) is 10.8. The molecule has 7 heteroatoms. The minimum Gasteiger partial charge on any atom is -0.449 e. The van der Waals surface area contributed by atoms with Crippen LogP contribution in [0.1, 0.15) is 31.0 Å². The van der Waals surface area contributed by atoms with Crippen LogP contribution < -0.4 is 5.32 Å². The van der Waals surface area contributed by atoms with Crippen molar-refractivity contribution in [1.29, 1.82) is 0 Å². The van der Waals surface area contributed by atoms with Gasteiger partial charge in [0.15, 0.2) is 0 Å². The number of alkyl carbamates (subject to hydrolysis) is 1. The van der Waals surface area contributed by atoms with Gasteiger partial charge in [0.25, 0.3) is 0 Å². The highest BCUT2D eigenvalue weighted by atomic mass is 19.4. The molecule has 0 aliphatic carbocycles. The highest BCUT2D eigenvalue weighted by Crippen LogP contribution is 2.39. The van der Waals surface area contributed by atoms with Crippen LogP contribution >= 0.6 is 0 Å². The first-order chi connectivity index (χ1) is 9.09. The minimum atomic E-state index is -4.64. The van der Waals surface area contributed by atoms with Crippen LogP contribution in [0.2, 0.25) is 0 Å². The Kier molecular flexibility index (Phi) is 3.39. The summed E-state index contributed by atoms with van der Waals surface area (Å²) in [4.78, 5) is 11.3. The third-order valence-electron chi connectivity index (χ3n) is 3.20. The number of hydrogen-bond acceptors (Lipinski definition) is 2. The van der Waals surface area contributed by atoms with Gasteiger partial charge in [-0.1, -0.05) is 13.8 Å². The van der Waals surface area contributed by atoms with Gasteiger partial charge in [-0.25, -0.2) is 9.18 Å². The Morgan fingerprint density at radius 1 is 1.30 bits per heavy atom. The van der Waals surface area contributed by atoms with Gasteiger partial charge in [0.1, 0.15) is 12.4 Å². The van der Waals surface area contributed by atoms with E-state index in [1.165, 1.54) is 0 Å². The molecule has 1 saturated heterocycles. The van der Waals surface area contributed by atoms with E-state index in [-0.39, 0.29) is 12.2 Å². The van der Waals surface area contributed by atoms with Crippen LogP contribution in [0.25, 0.3) is 0 Å². The normalized spacial score (nSPS) is 22.1. The van der Waals surface area contributed by atoms with Crippen LogP contribution in [0, 0.1) is 11.2 Å². The lowest BCUT2D eigenvalue weighted by Gasteiger charge is -2.38. The molecule has 20 heavy (non-hydrogen) atoms. The number of hydrogen-bond donors (Lipinski definition) is 1. The predicted molar refractivity (Wildman–Crippen MR) is 62.4 cm³/mol. The molecule has 1 aliphatic rings. The fourth-order valence-corrected chi connectivity index (χ4v) is 2.17. The Labute approximate surface area is 112 Å². The molecule has 3 nitrogen and oxygen atoms in total. The standard InChI is InChI=1S/C13H13F4NO2/c1-12(2)6-20-11(19)18-10(12)7-3-8(13(15,16)17)5-9(14)4-7/h3-5,10H,6H2,1-2H3,(H,18,19)/t10-/m1/s1. The number of rotatable bonds is 1. The number of alkyl halides is 3. The molecule has 1 fully saturated rings. The van der Waals surface area contributed by atoms with E-state index in [0.29, 0.717) is 6.07 Å². The maximum absolute atomic E-state index is 13.4. The SMILES string of the molecule is CC1(C)COC(=O)N[C@@H]1c1cc(F)cc(C(F)(F)F)c1. The zero-order chi connectivity index (χ0) is 15.1. The molecule has 0 unspecified atom stereocenters. The molecule has 1 aromatic rings. The molecule has 1 heterocycles. The molecule has 1 atom stereocenters. The first-order valence-electron chi connectivity index (χ1n) is 5.90. The smallest absolute Gasteiger partial charge is 0.416 e. The van der Waals surface area contributed by atoms with E-state index in [2.05, 4.69) is 5.32 Å². The average molecular weight is 291 g/mol. The summed E-state index contributed by atoms with van der Waals surface area (Å²) in [5.74, 6) is -0.994. The van der Waals surface area contributed by atoms with Crippen LogP contribution in [-0.4, -0.2) is 12.7 Å². The Morgan fingerprint density at radius 2 is 1.95 bits per heavy atom. The summed E-state index contributed by atoms with van der Waals surface area (Å²) < 4.78 is 56.3.